The predicted octanol–water partition coefficient (Wildman–Crippen LogP) is 5.76. The van der Waals surface area contributed by atoms with E-state index in [2.05, 4.69) is 25.9 Å². The Balaban J connectivity index is 1.41. The maximum absolute atomic E-state index is 15.8. The topological polar surface area (TPSA) is 154 Å². The van der Waals surface area contributed by atoms with Gasteiger partial charge >= 0.3 is 6.09 Å². The third kappa shape index (κ3) is 6.81. The zero-order valence-corrected chi connectivity index (χ0v) is 31.4. The van der Waals surface area contributed by atoms with Crippen LogP contribution in [0.2, 0.25) is 5.02 Å². The van der Waals surface area contributed by atoms with E-state index in [-0.39, 0.29) is 45.5 Å². The van der Waals surface area contributed by atoms with Crippen LogP contribution >= 0.6 is 27.5 Å². The summed E-state index contributed by atoms with van der Waals surface area (Å²) in [5.74, 6) is -2.57. The number of aryl methyl sites for hydroxylation is 1. The molecule has 1 unspecified atom stereocenters. The summed E-state index contributed by atoms with van der Waals surface area (Å²) in [6.07, 6.45) is 4.59. The van der Waals surface area contributed by atoms with Crippen molar-refractivity contribution in [2.45, 2.75) is 86.7 Å². The minimum Gasteiger partial charge on any atom is -0.444 e. The summed E-state index contributed by atoms with van der Waals surface area (Å²) in [4.78, 5) is 53.8. The number of carbonyl (C=O) groups excluding carboxylic acids is 3. The smallest absolute Gasteiger partial charge is 0.411 e. The van der Waals surface area contributed by atoms with Crippen LogP contribution in [0.15, 0.2) is 58.2 Å². The molecule has 16 heteroatoms. The number of nitriles is 1. The third-order valence-electron chi connectivity index (χ3n) is 9.30. The number of ether oxygens (including phenoxy) is 1. The summed E-state index contributed by atoms with van der Waals surface area (Å²) >= 11 is 9.79. The molecule has 3 aromatic rings. The van der Waals surface area contributed by atoms with Gasteiger partial charge in [0.1, 0.15) is 23.2 Å². The first-order valence-corrected chi connectivity index (χ1v) is 19.0. The van der Waals surface area contributed by atoms with Gasteiger partial charge < -0.3 is 9.64 Å². The van der Waals surface area contributed by atoms with Crippen molar-refractivity contribution in [3.8, 4) is 17.3 Å². The number of hydrogen-bond acceptors (Lipinski definition) is 9. The SMILES string of the molecule is Cc1cc(-c2ccc(S(=O)(=O)[C@@H]3C[C@@H](C(=O)N(C#N)C4CC4)N(C(=O)C4(c5ncc(Br)cc5F)CCN4C(=O)OC(C)(C)C)C3)c(Cl)c2)ccn1. The summed E-state index contributed by atoms with van der Waals surface area (Å²) in [5, 5.41) is 8.54. The molecule has 2 aliphatic heterocycles. The number of nitrogens with zero attached hydrogens (tertiary/aromatic N) is 6. The number of pyridine rings is 2. The Morgan fingerprint density at radius 3 is 2.41 bits per heavy atom. The van der Waals surface area contributed by atoms with Gasteiger partial charge in [-0.1, -0.05) is 17.7 Å². The highest BCUT2D eigenvalue weighted by Crippen LogP contribution is 2.46. The molecule has 0 N–H and O–H groups in total. The second kappa shape index (κ2) is 13.4. The molecular formula is C35H35BrClFN6O6S. The molecule has 3 aliphatic rings. The summed E-state index contributed by atoms with van der Waals surface area (Å²) in [6, 6.07) is 7.42. The van der Waals surface area contributed by atoms with E-state index in [4.69, 9.17) is 16.3 Å². The van der Waals surface area contributed by atoms with Crippen LogP contribution in [0.25, 0.3) is 11.1 Å². The quantitative estimate of drug-likeness (QED) is 0.215. The highest BCUT2D eigenvalue weighted by atomic mass is 79.9. The number of carbonyl (C=O) groups is 3. The van der Waals surface area contributed by atoms with Gasteiger partial charge in [-0.05, 0) is 104 Å². The minimum absolute atomic E-state index is 0.00261. The largest absolute Gasteiger partial charge is 0.444 e. The van der Waals surface area contributed by atoms with E-state index in [1.54, 1.807) is 39.1 Å². The van der Waals surface area contributed by atoms with Crippen LogP contribution in [0.4, 0.5) is 9.18 Å². The molecule has 1 saturated carbocycles. The van der Waals surface area contributed by atoms with Gasteiger partial charge in [-0.15, -0.1) is 0 Å². The maximum Gasteiger partial charge on any atom is 0.411 e. The molecule has 4 heterocycles. The van der Waals surface area contributed by atoms with Crippen molar-refractivity contribution in [1.82, 2.24) is 24.7 Å². The Bertz CT molecular complexity index is 2090. The minimum atomic E-state index is -4.31. The van der Waals surface area contributed by atoms with Crippen molar-refractivity contribution in [2.75, 3.05) is 13.1 Å². The lowest BCUT2D eigenvalue weighted by Crippen LogP contribution is -2.69. The Morgan fingerprint density at radius 2 is 1.84 bits per heavy atom. The highest BCUT2D eigenvalue weighted by molar-refractivity contribution is 9.10. The molecule has 1 aromatic carbocycles. The molecule has 2 saturated heterocycles. The van der Waals surface area contributed by atoms with Crippen molar-refractivity contribution in [3.63, 3.8) is 0 Å². The monoisotopic (exact) mass is 800 g/mol. The number of amides is 3. The zero-order valence-electron chi connectivity index (χ0n) is 28.3. The fraction of sp³-hybridized carbons (Fsp3) is 0.429. The number of hydrogen-bond donors (Lipinski definition) is 0. The van der Waals surface area contributed by atoms with Gasteiger partial charge in [0.05, 0.1) is 15.2 Å². The van der Waals surface area contributed by atoms with Gasteiger partial charge in [0, 0.05) is 48.1 Å². The van der Waals surface area contributed by atoms with Crippen molar-refractivity contribution < 1.29 is 31.9 Å². The molecular weight excluding hydrogens is 767 g/mol. The molecule has 51 heavy (non-hydrogen) atoms. The molecule has 2 aromatic heterocycles. The van der Waals surface area contributed by atoms with E-state index in [1.165, 1.54) is 18.3 Å². The van der Waals surface area contributed by atoms with Crippen LogP contribution in [0.5, 0.6) is 0 Å². The lowest BCUT2D eigenvalue weighted by molar-refractivity contribution is -0.159. The van der Waals surface area contributed by atoms with E-state index in [0.29, 0.717) is 18.4 Å². The molecule has 0 bridgehead atoms. The van der Waals surface area contributed by atoms with Crippen molar-refractivity contribution in [3.05, 3.63) is 75.5 Å². The number of likely N-dealkylation sites (tertiary alicyclic amines) is 2. The Kier molecular flexibility index (Phi) is 9.66. The lowest BCUT2D eigenvalue weighted by atomic mass is 9.79. The lowest BCUT2D eigenvalue weighted by Gasteiger charge is -2.52. The average molecular weight is 802 g/mol. The Hall–Kier alpha value is -4.13. The van der Waals surface area contributed by atoms with Gasteiger partial charge in [-0.25, -0.2) is 22.5 Å². The molecule has 12 nitrogen and oxygen atoms in total. The maximum atomic E-state index is 15.8. The first-order valence-electron chi connectivity index (χ1n) is 16.3. The number of rotatable bonds is 7. The van der Waals surface area contributed by atoms with E-state index in [9.17, 15) is 28.1 Å². The standard InChI is InChI=1S/C35H35BrClFN6O6S/c1-20-13-22(9-11-40-20)21-5-8-29(26(37)14-21)51(48,49)25-16-28(31(45)43(19-39)24-6-7-24)42(18-25)32(46)35(30-27(38)15-23(36)17-41-30)10-12-44(35)33(47)50-34(2,3)4/h5,8-9,11,13-15,17,24-25,28H,6-7,10,12,16,18H2,1-4H3/t25-,28+,35?/m1/s1. The van der Waals surface area contributed by atoms with E-state index in [1.807, 2.05) is 19.2 Å². The van der Waals surface area contributed by atoms with Gasteiger partial charge in [0.25, 0.3) is 11.8 Å². The summed E-state index contributed by atoms with van der Waals surface area (Å²) in [7, 11) is -4.31. The number of halogens is 3. The van der Waals surface area contributed by atoms with Crippen molar-refractivity contribution in [2.24, 2.45) is 0 Å². The normalized spacial score (nSPS) is 21.8. The Labute approximate surface area is 308 Å². The highest BCUT2D eigenvalue weighted by Gasteiger charge is 2.62. The average Bonchev–Trinajstić information content (AvgIpc) is 3.76. The molecule has 3 amide bonds. The van der Waals surface area contributed by atoms with Crippen LogP contribution in [0, 0.1) is 24.2 Å². The molecule has 268 valence electrons. The fourth-order valence-corrected chi connectivity index (χ4v) is 9.19. The van der Waals surface area contributed by atoms with E-state index < -0.39 is 62.5 Å². The van der Waals surface area contributed by atoms with Crippen LogP contribution < -0.4 is 0 Å². The van der Waals surface area contributed by atoms with Gasteiger partial charge in [-0.2, -0.15) is 5.26 Å². The zero-order chi connectivity index (χ0) is 37.0. The summed E-state index contributed by atoms with van der Waals surface area (Å²) < 4.78 is 50.3. The van der Waals surface area contributed by atoms with Crippen LogP contribution in [-0.2, 0) is 29.7 Å². The third-order valence-corrected chi connectivity index (χ3v) is 12.3. The molecule has 0 radical (unpaired) electrons. The van der Waals surface area contributed by atoms with Gasteiger partial charge in [0.15, 0.2) is 21.6 Å². The van der Waals surface area contributed by atoms with Crippen LogP contribution in [0.3, 0.4) is 0 Å². The van der Waals surface area contributed by atoms with Crippen LogP contribution in [0.1, 0.15) is 57.8 Å². The second-order valence-electron chi connectivity index (χ2n) is 14.0. The first kappa shape index (κ1) is 36.7. The number of sulfone groups is 1. The van der Waals surface area contributed by atoms with Crippen LogP contribution in [-0.4, -0.2) is 87.0 Å². The molecule has 3 fully saturated rings. The van der Waals surface area contributed by atoms with Gasteiger partial charge in [-0.3, -0.25) is 24.5 Å². The Morgan fingerprint density at radius 1 is 1.14 bits per heavy atom. The first-order chi connectivity index (χ1) is 24.0. The molecule has 1 aliphatic carbocycles. The molecule has 6 rings (SSSR count). The second-order valence-corrected chi connectivity index (χ2v) is 17.5. The van der Waals surface area contributed by atoms with E-state index >= 15 is 4.39 Å². The van der Waals surface area contributed by atoms with E-state index in [0.717, 1.165) is 32.0 Å². The number of benzene rings is 1. The summed E-state index contributed by atoms with van der Waals surface area (Å²) in [6.45, 7) is 6.25. The van der Waals surface area contributed by atoms with Crippen molar-refractivity contribution in [1.29, 1.82) is 5.26 Å². The predicted molar refractivity (Wildman–Crippen MR) is 187 cm³/mol. The van der Waals surface area contributed by atoms with Crippen molar-refractivity contribution >= 4 is 55.3 Å². The number of aromatic nitrogens is 2. The molecule has 0 spiro atoms. The summed E-state index contributed by atoms with van der Waals surface area (Å²) in [5.41, 5.74) is -1.22. The molecule has 3 atom stereocenters. The van der Waals surface area contributed by atoms with Gasteiger partial charge in [0.2, 0.25) is 0 Å². The fourth-order valence-electron chi connectivity index (χ4n) is 6.64.